The summed E-state index contributed by atoms with van der Waals surface area (Å²) in [5, 5.41) is 6.22. The number of rotatable bonds is 6. The average Bonchev–Trinajstić information content (AvgIpc) is 4.02. The van der Waals surface area contributed by atoms with E-state index in [1.807, 2.05) is 12.1 Å². The molecular weight excluding hydrogens is 727 g/mol. The number of hydrogen-bond donors (Lipinski definition) is 0. The molecule has 2 nitrogen and oxygen atoms in total. The Kier molecular flexibility index (Phi) is 7.44. The van der Waals surface area contributed by atoms with Crippen molar-refractivity contribution in [3.05, 3.63) is 188 Å². The summed E-state index contributed by atoms with van der Waals surface area (Å²) in [5.41, 5.74) is 1.79. The van der Waals surface area contributed by atoms with Gasteiger partial charge >= 0.3 is 0 Å². The Morgan fingerprint density at radius 1 is 0.442 bits per heavy atom. The molecule has 52 heavy (non-hydrogen) atoms. The molecule has 4 aromatic heterocycles. The average molecular weight is 753 g/mol. The van der Waals surface area contributed by atoms with Crippen LogP contribution >= 0.6 is 45.3 Å². The van der Waals surface area contributed by atoms with E-state index in [1.165, 1.54) is 34.0 Å². The van der Waals surface area contributed by atoms with Crippen LogP contribution in [0, 0.1) is 11.6 Å². The fourth-order valence-electron chi connectivity index (χ4n) is 7.18. The molecule has 0 aliphatic carbocycles. The van der Waals surface area contributed by atoms with Gasteiger partial charge in [-0.25, -0.2) is 8.78 Å². The Hall–Kier alpha value is -5.12. The van der Waals surface area contributed by atoms with Gasteiger partial charge in [0, 0.05) is 41.8 Å². The molecule has 2 unspecified atom stereocenters. The van der Waals surface area contributed by atoms with Crippen molar-refractivity contribution < 1.29 is 18.3 Å². The van der Waals surface area contributed by atoms with Gasteiger partial charge < -0.3 is 9.47 Å². The second kappa shape index (κ2) is 12.2. The lowest BCUT2D eigenvalue weighted by Crippen LogP contribution is -2.33. The van der Waals surface area contributed by atoms with Gasteiger partial charge in [-0.3, -0.25) is 0 Å². The predicted octanol–water partition coefficient (Wildman–Crippen LogP) is 13.4. The summed E-state index contributed by atoms with van der Waals surface area (Å²) in [6.07, 6.45) is 8.46. The van der Waals surface area contributed by atoms with Crippen LogP contribution in [0.1, 0.15) is 32.0 Å². The summed E-state index contributed by atoms with van der Waals surface area (Å²) >= 11 is 6.78. The van der Waals surface area contributed by atoms with E-state index in [-0.39, 0.29) is 11.6 Å². The summed E-state index contributed by atoms with van der Waals surface area (Å²) < 4.78 is 42.4. The first kappa shape index (κ1) is 31.6. The largest absolute Gasteiger partial charge is 0.472 e. The van der Waals surface area contributed by atoms with Crippen LogP contribution in [0.5, 0.6) is 11.5 Å². The predicted molar refractivity (Wildman–Crippen MR) is 213 cm³/mol. The first-order chi connectivity index (χ1) is 25.5. The number of halogens is 2. The Balaban J connectivity index is 1.07. The van der Waals surface area contributed by atoms with Gasteiger partial charge in [0.2, 0.25) is 0 Å². The second-order valence-corrected chi connectivity index (χ2v) is 16.8. The SMILES string of the molecule is Fc1ccc(C2(c3ccc(-c4cccs4)s3)C=Cc3c(ccc4c5c(ccc34)OC(c3ccc(F)cc3)(c3ccc(-c4cccs4)s3)C=C5)O2)cc1. The summed E-state index contributed by atoms with van der Waals surface area (Å²) in [5.74, 6) is 0.903. The van der Waals surface area contributed by atoms with Crippen molar-refractivity contribution in [3.63, 3.8) is 0 Å². The van der Waals surface area contributed by atoms with Crippen LogP contribution in [0.3, 0.4) is 0 Å². The van der Waals surface area contributed by atoms with E-state index < -0.39 is 11.2 Å². The van der Waals surface area contributed by atoms with Crippen molar-refractivity contribution in [1.29, 1.82) is 0 Å². The normalized spacial score (nSPS) is 18.9. The van der Waals surface area contributed by atoms with Crippen molar-refractivity contribution in [2.75, 3.05) is 0 Å². The highest BCUT2D eigenvalue weighted by Gasteiger charge is 2.41. The van der Waals surface area contributed by atoms with Gasteiger partial charge in [-0.1, -0.05) is 36.4 Å². The minimum Gasteiger partial charge on any atom is -0.472 e. The van der Waals surface area contributed by atoms with Gasteiger partial charge in [-0.15, -0.1) is 45.3 Å². The third-order valence-corrected chi connectivity index (χ3v) is 14.3. The van der Waals surface area contributed by atoms with Crippen LogP contribution in [-0.2, 0) is 11.2 Å². The molecule has 0 saturated heterocycles. The van der Waals surface area contributed by atoms with E-state index >= 15 is 0 Å². The zero-order valence-electron chi connectivity index (χ0n) is 27.2. The molecule has 0 N–H and O–H groups in total. The minimum atomic E-state index is -0.927. The topological polar surface area (TPSA) is 18.5 Å². The molecule has 0 saturated carbocycles. The van der Waals surface area contributed by atoms with Crippen molar-refractivity contribution in [3.8, 4) is 31.0 Å². The van der Waals surface area contributed by atoms with E-state index in [4.69, 9.17) is 9.47 Å². The molecule has 8 aromatic rings. The summed E-state index contributed by atoms with van der Waals surface area (Å²) in [6, 6.07) is 38.2. The molecule has 2 aliphatic heterocycles. The Morgan fingerprint density at radius 3 is 1.29 bits per heavy atom. The van der Waals surface area contributed by atoms with Crippen LogP contribution in [0.4, 0.5) is 8.78 Å². The van der Waals surface area contributed by atoms with Crippen molar-refractivity contribution in [1.82, 2.24) is 0 Å². The monoisotopic (exact) mass is 752 g/mol. The van der Waals surface area contributed by atoms with Crippen LogP contribution < -0.4 is 9.47 Å². The first-order valence-electron chi connectivity index (χ1n) is 16.7. The molecular formula is C44H26F2O2S4. The summed E-state index contributed by atoms with van der Waals surface area (Å²) in [4.78, 5) is 6.74. The van der Waals surface area contributed by atoms with Crippen molar-refractivity contribution in [2.24, 2.45) is 0 Å². The second-order valence-electron chi connectivity index (χ2n) is 12.7. The lowest BCUT2D eigenvalue weighted by atomic mass is 9.86. The molecule has 252 valence electrons. The first-order valence-corrected chi connectivity index (χ1v) is 20.1. The number of benzene rings is 4. The zero-order valence-corrected chi connectivity index (χ0v) is 30.5. The minimum absolute atomic E-state index is 0.291. The number of thiophene rings is 4. The Morgan fingerprint density at radius 2 is 0.885 bits per heavy atom. The highest BCUT2D eigenvalue weighted by molar-refractivity contribution is 7.22. The molecule has 2 aliphatic rings. The van der Waals surface area contributed by atoms with Gasteiger partial charge in [-0.2, -0.15) is 0 Å². The van der Waals surface area contributed by atoms with Gasteiger partial charge in [0.1, 0.15) is 23.1 Å². The summed E-state index contributed by atoms with van der Waals surface area (Å²) in [7, 11) is 0. The zero-order chi connectivity index (χ0) is 34.9. The maximum absolute atomic E-state index is 14.2. The van der Waals surface area contributed by atoms with Crippen LogP contribution in [0.15, 0.2) is 144 Å². The summed E-state index contributed by atoms with van der Waals surface area (Å²) in [6.45, 7) is 0. The molecule has 0 fully saturated rings. The Bertz CT molecular complexity index is 2460. The molecule has 2 atom stereocenters. The maximum Gasteiger partial charge on any atom is 0.187 e. The van der Waals surface area contributed by atoms with Gasteiger partial charge in [-0.05, 0) is 131 Å². The van der Waals surface area contributed by atoms with Gasteiger partial charge in [0.25, 0.3) is 0 Å². The number of hydrogen-bond acceptors (Lipinski definition) is 6. The molecule has 0 radical (unpaired) electrons. The standard InChI is InChI=1S/C44H26F2O2S4/c45-29-9-5-27(6-10-29)43(41-19-17-39(51-41)37-3-1-25-49-37)23-21-33-31-14-16-36-34(32(31)13-15-35(33)47-43)22-24-44(48-36,28-7-11-30(46)12-8-28)42-20-18-40(52-42)38-4-2-26-50-38/h1-26H. The van der Waals surface area contributed by atoms with Gasteiger partial charge in [0.15, 0.2) is 11.2 Å². The van der Waals surface area contributed by atoms with E-state index in [9.17, 15) is 8.78 Å². The molecule has 8 heteroatoms. The number of fused-ring (bicyclic) bond motifs is 5. The van der Waals surface area contributed by atoms with Gasteiger partial charge in [0.05, 0.1) is 9.75 Å². The third kappa shape index (κ3) is 5.04. The lowest BCUT2D eigenvalue weighted by molar-refractivity contribution is 0.164. The maximum atomic E-state index is 14.2. The van der Waals surface area contributed by atoms with E-state index in [0.717, 1.165) is 64.0 Å². The number of ether oxygens (including phenoxy) is 2. The molecule has 6 heterocycles. The van der Waals surface area contributed by atoms with E-state index in [0.29, 0.717) is 0 Å². The van der Waals surface area contributed by atoms with E-state index in [2.05, 4.69) is 95.7 Å². The van der Waals surface area contributed by atoms with Crippen LogP contribution in [0.2, 0.25) is 0 Å². The smallest absolute Gasteiger partial charge is 0.187 e. The highest BCUT2D eigenvalue weighted by Crippen LogP contribution is 2.51. The van der Waals surface area contributed by atoms with Crippen molar-refractivity contribution >= 4 is 68.3 Å². The molecule has 0 amide bonds. The fraction of sp³-hybridized carbons (Fsp3) is 0.0455. The molecule has 10 rings (SSSR count). The lowest BCUT2D eigenvalue weighted by Gasteiger charge is -2.36. The molecule has 4 aromatic carbocycles. The van der Waals surface area contributed by atoms with Crippen LogP contribution in [0.25, 0.3) is 42.4 Å². The molecule has 0 bridgehead atoms. The van der Waals surface area contributed by atoms with E-state index in [1.54, 1.807) is 69.6 Å². The van der Waals surface area contributed by atoms with Crippen molar-refractivity contribution in [2.45, 2.75) is 11.2 Å². The fourth-order valence-corrected chi connectivity index (χ4v) is 11.1. The van der Waals surface area contributed by atoms with Crippen LogP contribution in [-0.4, -0.2) is 0 Å². The molecule has 0 spiro atoms. The third-order valence-electron chi connectivity index (χ3n) is 9.73. The Labute approximate surface area is 314 Å². The quantitative estimate of drug-likeness (QED) is 0.168. The highest BCUT2D eigenvalue weighted by atomic mass is 32.1.